The normalized spacial score (nSPS) is 13.5. The van der Waals surface area contributed by atoms with Crippen molar-refractivity contribution in [2.45, 2.75) is 12.8 Å². The topological polar surface area (TPSA) is 102 Å². The van der Waals surface area contributed by atoms with Crippen molar-refractivity contribution in [3.05, 3.63) is 47.0 Å². The summed E-state index contributed by atoms with van der Waals surface area (Å²) in [5, 5.41) is 8.87. The van der Waals surface area contributed by atoms with Gasteiger partial charge in [0, 0.05) is 13.1 Å². The van der Waals surface area contributed by atoms with Crippen molar-refractivity contribution in [3.8, 4) is 11.5 Å². The number of carboxylic acid groups (broad SMARTS) is 1. The van der Waals surface area contributed by atoms with E-state index in [9.17, 15) is 9.59 Å². The lowest BCUT2D eigenvalue weighted by atomic mass is 10.0. The van der Waals surface area contributed by atoms with E-state index in [1.807, 2.05) is 12.1 Å². The molecule has 0 unspecified atom stereocenters. The molecule has 2 heterocycles. The Labute approximate surface area is 150 Å². The summed E-state index contributed by atoms with van der Waals surface area (Å²) in [6.07, 6.45) is 3.66. The van der Waals surface area contributed by atoms with E-state index in [2.05, 4.69) is 9.97 Å². The molecule has 8 nitrogen and oxygen atoms in total. The Balaban J connectivity index is 1.78. The maximum Gasteiger partial charge on any atom is 0.356 e. The zero-order chi connectivity index (χ0) is 18.7. The SMILES string of the molecule is COc1cc2c(cc1OC)CCN(C(=O)c1cnc(C(=O)O)cn1)CC2. The number of aromatic nitrogens is 2. The van der Waals surface area contributed by atoms with Crippen molar-refractivity contribution < 1.29 is 24.2 Å². The third-order valence-corrected chi connectivity index (χ3v) is 4.39. The molecule has 8 heteroatoms. The number of fused-ring (bicyclic) bond motifs is 1. The first-order chi connectivity index (χ1) is 12.5. The molecular formula is C18H19N3O5. The Bertz CT molecular complexity index is 800. The van der Waals surface area contributed by atoms with E-state index < -0.39 is 5.97 Å². The first kappa shape index (κ1) is 17.7. The number of nitrogens with zero attached hydrogens (tertiary/aromatic N) is 3. The molecule has 0 spiro atoms. The number of hydrogen-bond donors (Lipinski definition) is 1. The van der Waals surface area contributed by atoms with Gasteiger partial charge in [-0.25, -0.2) is 14.8 Å². The highest BCUT2D eigenvalue weighted by atomic mass is 16.5. The van der Waals surface area contributed by atoms with E-state index in [1.165, 1.54) is 6.20 Å². The van der Waals surface area contributed by atoms with Gasteiger partial charge in [-0.05, 0) is 36.1 Å². The second-order valence-corrected chi connectivity index (χ2v) is 5.86. The molecule has 0 saturated heterocycles. The van der Waals surface area contributed by atoms with Crippen LogP contribution in [0.4, 0.5) is 0 Å². The fraction of sp³-hybridized carbons (Fsp3) is 0.333. The number of carbonyl (C=O) groups excluding carboxylic acids is 1. The van der Waals surface area contributed by atoms with E-state index in [0.29, 0.717) is 37.4 Å². The molecule has 0 saturated carbocycles. The molecule has 1 amide bonds. The summed E-state index contributed by atoms with van der Waals surface area (Å²) in [4.78, 5) is 32.9. The Morgan fingerprint density at radius 3 is 1.88 bits per heavy atom. The third-order valence-electron chi connectivity index (χ3n) is 4.39. The van der Waals surface area contributed by atoms with Crippen molar-refractivity contribution in [2.24, 2.45) is 0 Å². The summed E-state index contributed by atoms with van der Waals surface area (Å²) in [5.41, 5.74) is 2.18. The molecule has 1 aromatic heterocycles. The average Bonchev–Trinajstić information content (AvgIpc) is 2.88. The summed E-state index contributed by atoms with van der Waals surface area (Å²) in [6, 6.07) is 3.90. The molecule has 26 heavy (non-hydrogen) atoms. The lowest BCUT2D eigenvalue weighted by Gasteiger charge is -2.19. The summed E-state index contributed by atoms with van der Waals surface area (Å²) in [6.45, 7) is 1.06. The highest BCUT2D eigenvalue weighted by Gasteiger charge is 2.22. The highest BCUT2D eigenvalue weighted by Crippen LogP contribution is 2.32. The van der Waals surface area contributed by atoms with E-state index >= 15 is 0 Å². The molecule has 1 aliphatic heterocycles. The van der Waals surface area contributed by atoms with Gasteiger partial charge in [0.1, 0.15) is 5.69 Å². The molecule has 1 aliphatic rings. The van der Waals surface area contributed by atoms with Gasteiger partial charge in [0.05, 0.1) is 26.6 Å². The number of hydrogen-bond acceptors (Lipinski definition) is 6. The molecule has 0 fully saturated rings. The largest absolute Gasteiger partial charge is 0.493 e. The zero-order valence-electron chi connectivity index (χ0n) is 14.6. The van der Waals surface area contributed by atoms with Crippen molar-refractivity contribution >= 4 is 11.9 Å². The second-order valence-electron chi connectivity index (χ2n) is 5.86. The Kier molecular flexibility index (Phi) is 5.01. The van der Waals surface area contributed by atoms with Gasteiger partial charge in [0.2, 0.25) is 0 Å². The number of benzene rings is 1. The van der Waals surface area contributed by atoms with Crippen LogP contribution in [0, 0.1) is 0 Å². The first-order valence-corrected chi connectivity index (χ1v) is 8.12. The smallest absolute Gasteiger partial charge is 0.356 e. The molecular weight excluding hydrogens is 338 g/mol. The van der Waals surface area contributed by atoms with Crippen LogP contribution in [0.1, 0.15) is 32.1 Å². The maximum atomic E-state index is 12.7. The van der Waals surface area contributed by atoms with Crippen molar-refractivity contribution in [2.75, 3.05) is 27.3 Å². The van der Waals surface area contributed by atoms with Gasteiger partial charge < -0.3 is 19.5 Å². The van der Waals surface area contributed by atoms with E-state index in [0.717, 1.165) is 17.3 Å². The number of aromatic carboxylic acids is 1. The summed E-state index contributed by atoms with van der Waals surface area (Å²) in [5.74, 6) is -0.104. The van der Waals surface area contributed by atoms with Crippen LogP contribution in [0.3, 0.4) is 0 Å². The molecule has 136 valence electrons. The van der Waals surface area contributed by atoms with Crippen LogP contribution in [0.2, 0.25) is 0 Å². The molecule has 0 radical (unpaired) electrons. The fourth-order valence-electron chi connectivity index (χ4n) is 2.97. The Morgan fingerprint density at radius 1 is 0.962 bits per heavy atom. The predicted octanol–water partition coefficient (Wildman–Crippen LogP) is 1.43. The monoisotopic (exact) mass is 357 g/mol. The molecule has 1 N–H and O–H groups in total. The van der Waals surface area contributed by atoms with Crippen LogP contribution in [-0.2, 0) is 12.8 Å². The van der Waals surface area contributed by atoms with Crippen molar-refractivity contribution in [1.29, 1.82) is 0 Å². The molecule has 0 aliphatic carbocycles. The van der Waals surface area contributed by atoms with Gasteiger partial charge in [0.15, 0.2) is 17.2 Å². The van der Waals surface area contributed by atoms with Gasteiger partial charge in [-0.15, -0.1) is 0 Å². The van der Waals surface area contributed by atoms with Gasteiger partial charge >= 0.3 is 5.97 Å². The van der Waals surface area contributed by atoms with Crippen LogP contribution in [-0.4, -0.2) is 59.2 Å². The molecule has 2 aromatic rings. The van der Waals surface area contributed by atoms with Crippen molar-refractivity contribution in [1.82, 2.24) is 14.9 Å². The van der Waals surface area contributed by atoms with Crippen LogP contribution >= 0.6 is 0 Å². The van der Waals surface area contributed by atoms with Crippen LogP contribution < -0.4 is 9.47 Å². The van der Waals surface area contributed by atoms with Gasteiger partial charge in [0.25, 0.3) is 5.91 Å². The summed E-state index contributed by atoms with van der Waals surface area (Å²) < 4.78 is 10.7. The molecule has 1 aromatic carbocycles. The highest BCUT2D eigenvalue weighted by molar-refractivity contribution is 5.92. The summed E-state index contributed by atoms with van der Waals surface area (Å²) >= 11 is 0. The van der Waals surface area contributed by atoms with E-state index in [4.69, 9.17) is 14.6 Å². The number of rotatable bonds is 4. The standard InChI is InChI=1S/C18H19N3O5/c1-25-15-7-11-3-5-21(6-4-12(11)8-16(15)26-2)17(22)13-9-20-14(10-19-13)18(23)24/h7-10H,3-6H2,1-2H3,(H,23,24). The summed E-state index contributed by atoms with van der Waals surface area (Å²) in [7, 11) is 3.19. The van der Waals surface area contributed by atoms with Gasteiger partial charge in [-0.2, -0.15) is 0 Å². The fourth-order valence-corrected chi connectivity index (χ4v) is 2.97. The lowest BCUT2D eigenvalue weighted by Crippen LogP contribution is -2.34. The minimum absolute atomic E-state index is 0.135. The Morgan fingerprint density at radius 2 is 1.46 bits per heavy atom. The minimum atomic E-state index is -1.18. The van der Waals surface area contributed by atoms with E-state index in [-0.39, 0.29) is 17.3 Å². The number of carboxylic acids is 1. The maximum absolute atomic E-state index is 12.7. The molecule has 3 rings (SSSR count). The molecule has 0 bridgehead atoms. The number of amides is 1. The average molecular weight is 357 g/mol. The second kappa shape index (κ2) is 7.38. The minimum Gasteiger partial charge on any atom is -0.493 e. The number of methoxy groups -OCH3 is 2. The Hall–Kier alpha value is -3.16. The third kappa shape index (κ3) is 3.44. The number of carbonyl (C=O) groups is 2. The zero-order valence-corrected chi connectivity index (χ0v) is 14.6. The van der Waals surface area contributed by atoms with Crippen LogP contribution in [0.15, 0.2) is 24.5 Å². The van der Waals surface area contributed by atoms with Gasteiger partial charge in [-0.1, -0.05) is 0 Å². The first-order valence-electron chi connectivity index (χ1n) is 8.12. The quantitative estimate of drug-likeness (QED) is 0.883. The van der Waals surface area contributed by atoms with Crippen LogP contribution in [0.25, 0.3) is 0 Å². The number of ether oxygens (including phenoxy) is 2. The van der Waals surface area contributed by atoms with Gasteiger partial charge in [-0.3, -0.25) is 4.79 Å². The molecule has 0 atom stereocenters. The lowest BCUT2D eigenvalue weighted by molar-refractivity contribution is 0.0686. The predicted molar refractivity (Wildman–Crippen MR) is 91.8 cm³/mol. The van der Waals surface area contributed by atoms with E-state index in [1.54, 1.807) is 19.1 Å². The van der Waals surface area contributed by atoms with Crippen molar-refractivity contribution in [3.63, 3.8) is 0 Å². The van der Waals surface area contributed by atoms with Crippen LogP contribution in [0.5, 0.6) is 11.5 Å².